The molecule has 0 bridgehead atoms. The molecule has 3 aromatic carbocycles. The van der Waals surface area contributed by atoms with Crippen molar-refractivity contribution in [3.63, 3.8) is 0 Å². The highest BCUT2D eigenvalue weighted by atomic mass is 35.5. The molecule has 0 fully saturated rings. The van der Waals surface area contributed by atoms with Crippen molar-refractivity contribution in [3.05, 3.63) is 107 Å². The molecule has 0 saturated heterocycles. The van der Waals surface area contributed by atoms with Crippen LogP contribution in [0.25, 0.3) is 0 Å². The van der Waals surface area contributed by atoms with Crippen LogP contribution in [0.4, 0.5) is 23.0 Å². The molecule has 1 atom stereocenters. The van der Waals surface area contributed by atoms with E-state index in [2.05, 4.69) is 45.5 Å². The van der Waals surface area contributed by atoms with E-state index in [1.54, 1.807) is 31.4 Å². The standard InChI is InChI=1S/C28H28ClN5O/c1-35-23-11-6-10-20(17-23)24(12-5-9-19-7-3-2-4-8-19)25-18-26(30)32-28(31)27(25)34-33-22-15-13-21(29)14-16-22/h2-4,6-8,10-11,13-18,24H,5,9,12H2,1H3,(H4,30,31,32). The zero-order valence-corrected chi connectivity index (χ0v) is 20.3. The molecule has 4 N–H and O–H groups in total. The summed E-state index contributed by atoms with van der Waals surface area (Å²) < 4.78 is 5.49. The summed E-state index contributed by atoms with van der Waals surface area (Å²) in [7, 11) is 1.66. The Balaban J connectivity index is 1.72. The van der Waals surface area contributed by atoms with Crippen LogP contribution in [0.3, 0.4) is 0 Å². The van der Waals surface area contributed by atoms with Gasteiger partial charge in [-0.3, -0.25) is 0 Å². The molecular weight excluding hydrogens is 458 g/mol. The smallest absolute Gasteiger partial charge is 0.154 e. The van der Waals surface area contributed by atoms with E-state index in [-0.39, 0.29) is 11.7 Å². The van der Waals surface area contributed by atoms with Crippen molar-refractivity contribution in [2.45, 2.75) is 25.2 Å². The minimum Gasteiger partial charge on any atom is -0.497 e. The van der Waals surface area contributed by atoms with Gasteiger partial charge in [0.2, 0.25) is 0 Å². The number of nitrogens with two attached hydrogens (primary N) is 2. The molecule has 0 radical (unpaired) electrons. The summed E-state index contributed by atoms with van der Waals surface area (Å²) >= 11 is 6.00. The number of anilines is 2. The van der Waals surface area contributed by atoms with Crippen molar-refractivity contribution in [1.29, 1.82) is 0 Å². The third-order valence-corrected chi connectivity index (χ3v) is 6.09. The van der Waals surface area contributed by atoms with Crippen molar-refractivity contribution >= 4 is 34.6 Å². The minimum absolute atomic E-state index is 0.0272. The van der Waals surface area contributed by atoms with E-state index in [4.69, 9.17) is 27.8 Å². The van der Waals surface area contributed by atoms with Gasteiger partial charge in [0.05, 0.1) is 12.8 Å². The lowest BCUT2D eigenvalue weighted by Gasteiger charge is -2.21. The van der Waals surface area contributed by atoms with Crippen molar-refractivity contribution in [2.75, 3.05) is 18.6 Å². The van der Waals surface area contributed by atoms with Crippen LogP contribution in [0.5, 0.6) is 5.75 Å². The highest BCUT2D eigenvalue weighted by Gasteiger charge is 2.22. The van der Waals surface area contributed by atoms with Gasteiger partial charge in [-0.2, -0.15) is 5.11 Å². The SMILES string of the molecule is COc1cccc(C(CCCc2ccccc2)c2cc(N)nc(N)c2N=Nc2ccc(Cl)cc2)c1. The highest BCUT2D eigenvalue weighted by molar-refractivity contribution is 6.30. The lowest BCUT2D eigenvalue weighted by molar-refractivity contribution is 0.414. The maximum Gasteiger partial charge on any atom is 0.154 e. The molecule has 4 rings (SSSR count). The van der Waals surface area contributed by atoms with Gasteiger partial charge in [0.15, 0.2) is 5.82 Å². The first-order valence-electron chi connectivity index (χ1n) is 11.4. The fourth-order valence-electron chi connectivity index (χ4n) is 4.10. The molecule has 6 nitrogen and oxygen atoms in total. The number of nitrogens with zero attached hydrogens (tertiary/aromatic N) is 3. The number of methoxy groups -OCH3 is 1. The van der Waals surface area contributed by atoms with Crippen molar-refractivity contribution in [1.82, 2.24) is 4.98 Å². The summed E-state index contributed by atoms with van der Waals surface area (Å²) in [5, 5.41) is 9.53. The number of hydrogen-bond acceptors (Lipinski definition) is 6. The fourth-order valence-corrected chi connectivity index (χ4v) is 4.23. The second kappa shape index (κ2) is 11.5. The van der Waals surface area contributed by atoms with Crippen LogP contribution in [-0.2, 0) is 6.42 Å². The molecule has 4 aromatic rings. The number of ether oxygens (including phenoxy) is 1. The first-order valence-corrected chi connectivity index (χ1v) is 11.8. The number of hydrogen-bond donors (Lipinski definition) is 2. The van der Waals surface area contributed by atoms with Gasteiger partial charge < -0.3 is 16.2 Å². The summed E-state index contributed by atoms with van der Waals surface area (Å²) in [5.74, 6) is 1.35. The fraction of sp³-hybridized carbons (Fsp3) is 0.179. The van der Waals surface area contributed by atoms with Crippen molar-refractivity contribution < 1.29 is 4.74 Å². The average molecular weight is 486 g/mol. The van der Waals surface area contributed by atoms with Gasteiger partial charge >= 0.3 is 0 Å². The summed E-state index contributed by atoms with van der Waals surface area (Å²) in [6.07, 6.45) is 2.77. The number of halogens is 1. The van der Waals surface area contributed by atoms with Gasteiger partial charge in [0, 0.05) is 10.9 Å². The Morgan fingerprint density at radius 3 is 2.43 bits per heavy atom. The Hall–Kier alpha value is -3.90. The Morgan fingerprint density at radius 1 is 0.914 bits per heavy atom. The maximum absolute atomic E-state index is 6.31. The minimum atomic E-state index is -0.0272. The van der Waals surface area contributed by atoms with Gasteiger partial charge in [0.1, 0.15) is 17.3 Å². The molecule has 1 unspecified atom stereocenters. The molecule has 0 amide bonds. The summed E-state index contributed by atoms with van der Waals surface area (Å²) in [6, 6.07) is 27.5. The molecule has 0 saturated carbocycles. The lowest BCUT2D eigenvalue weighted by atomic mass is 9.85. The molecule has 7 heteroatoms. The van der Waals surface area contributed by atoms with Crippen LogP contribution < -0.4 is 16.2 Å². The average Bonchev–Trinajstić information content (AvgIpc) is 2.87. The van der Waals surface area contributed by atoms with Crippen LogP contribution in [-0.4, -0.2) is 12.1 Å². The Kier molecular flexibility index (Phi) is 7.95. The largest absolute Gasteiger partial charge is 0.497 e. The summed E-state index contributed by atoms with van der Waals surface area (Å²) in [4.78, 5) is 4.25. The number of aromatic nitrogens is 1. The van der Waals surface area contributed by atoms with Crippen molar-refractivity contribution in [2.24, 2.45) is 10.2 Å². The Bertz CT molecular complexity index is 1290. The predicted molar refractivity (Wildman–Crippen MR) is 143 cm³/mol. The second-order valence-electron chi connectivity index (χ2n) is 8.25. The molecule has 0 aliphatic rings. The first-order chi connectivity index (χ1) is 17.0. The van der Waals surface area contributed by atoms with Gasteiger partial charge in [-0.25, -0.2) is 4.98 Å². The van der Waals surface area contributed by atoms with E-state index in [9.17, 15) is 0 Å². The number of pyridine rings is 1. The number of azo groups is 1. The first kappa shape index (κ1) is 24.2. The third kappa shape index (κ3) is 6.37. The predicted octanol–water partition coefficient (Wildman–Crippen LogP) is 7.48. The molecule has 1 heterocycles. The highest BCUT2D eigenvalue weighted by Crippen LogP contribution is 2.40. The van der Waals surface area contributed by atoms with E-state index >= 15 is 0 Å². The van der Waals surface area contributed by atoms with E-state index in [0.717, 1.165) is 36.1 Å². The number of benzene rings is 3. The molecule has 0 aliphatic carbocycles. The molecule has 35 heavy (non-hydrogen) atoms. The summed E-state index contributed by atoms with van der Waals surface area (Å²) in [5.41, 5.74) is 16.9. The number of aryl methyl sites for hydroxylation is 1. The molecule has 0 aliphatic heterocycles. The quantitative estimate of drug-likeness (QED) is 0.240. The van der Waals surface area contributed by atoms with E-state index in [0.29, 0.717) is 22.2 Å². The second-order valence-corrected chi connectivity index (χ2v) is 8.69. The monoisotopic (exact) mass is 485 g/mol. The molecule has 0 spiro atoms. The zero-order valence-electron chi connectivity index (χ0n) is 19.6. The Labute approximate surface area is 210 Å². The van der Waals surface area contributed by atoms with Crippen LogP contribution >= 0.6 is 11.6 Å². The van der Waals surface area contributed by atoms with E-state index < -0.39 is 0 Å². The van der Waals surface area contributed by atoms with Gasteiger partial charge in [-0.05, 0) is 78.4 Å². The summed E-state index contributed by atoms with van der Waals surface area (Å²) in [6.45, 7) is 0. The van der Waals surface area contributed by atoms with Gasteiger partial charge in [-0.15, -0.1) is 5.11 Å². The maximum atomic E-state index is 6.31. The number of rotatable bonds is 9. The topological polar surface area (TPSA) is 98.9 Å². The van der Waals surface area contributed by atoms with Crippen molar-refractivity contribution in [3.8, 4) is 5.75 Å². The lowest BCUT2D eigenvalue weighted by Crippen LogP contribution is -2.07. The van der Waals surface area contributed by atoms with E-state index in [1.807, 2.05) is 30.3 Å². The molecule has 178 valence electrons. The molecule has 1 aromatic heterocycles. The Morgan fingerprint density at radius 2 is 1.69 bits per heavy atom. The van der Waals surface area contributed by atoms with Crippen LogP contribution in [0.1, 0.15) is 35.4 Å². The van der Waals surface area contributed by atoms with Crippen LogP contribution in [0.15, 0.2) is 95.2 Å². The number of nitrogen functional groups attached to an aromatic ring is 2. The molecular formula is C28H28ClN5O. The van der Waals surface area contributed by atoms with E-state index in [1.165, 1.54) is 5.56 Å². The van der Waals surface area contributed by atoms with Gasteiger partial charge in [0.25, 0.3) is 0 Å². The zero-order chi connectivity index (χ0) is 24.6. The van der Waals surface area contributed by atoms with Crippen LogP contribution in [0, 0.1) is 0 Å². The third-order valence-electron chi connectivity index (χ3n) is 5.83. The normalized spacial score (nSPS) is 12.1. The van der Waals surface area contributed by atoms with Crippen LogP contribution in [0.2, 0.25) is 5.02 Å². The van der Waals surface area contributed by atoms with Gasteiger partial charge in [-0.1, -0.05) is 54.1 Å².